The molecule has 0 spiro atoms. The van der Waals surface area contributed by atoms with E-state index < -0.39 is 35.7 Å². The van der Waals surface area contributed by atoms with Crippen LogP contribution in [-0.4, -0.2) is 52.4 Å². The van der Waals surface area contributed by atoms with Crippen molar-refractivity contribution in [2.24, 2.45) is 0 Å². The highest BCUT2D eigenvalue weighted by Gasteiger charge is 2.37. The molecule has 0 aromatic heterocycles. The molecule has 11 heteroatoms. The lowest BCUT2D eigenvalue weighted by Crippen LogP contribution is -2.43. The van der Waals surface area contributed by atoms with E-state index in [-0.39, 0.29) is 36.2 Å². The minimum absolute atomic E-state index is 0.0160. The number of hydrogen-bond acceptors (Lipinski definition) is 7. The molecule has 242 valence electrons. The summed E-state index contributed by atoms with van der Waals surface area (Å²) in [5, 5.41) is 9.43. The van der Waals surface area contributed by atoms with Crippen molar-refractivity contribution < 1.29 is 31.5 Å². The zero-order chi connectivity index (χ0) is 33.6. The summed E-state index contributed by atoms with van der Waals surface area (Å²) < 4.78 is 60.2. The van der Waals surface area contributed by atoms with Crippen LogP contribution in [0.3, 0.4) is 0 Å². The number of benzene rings is 3. The third-order valence-electron chi connectivity index (χ3n) is 7.53. The van der Waals surface area contributed by atoms with E-state index in [0.717, 1.165) is 12.1 Å². The molecule has 0 aliphatic rings. The number of nitriles is 1. The van der Waals surface area contributed by atoms with E-state index in [1.165, 1.54) is 16.4 Å². The van der Waals surface area contributed by atoms with Gasteiger partial charge in [0.2, 0.25) is 10.0 Å². The first-order valence-corrected chi connectivity index (χ1v) is 19.0. The molecule has 3 aromatic carbocycles. The molecule has 0 aliphatic heterocycles. The van der Waals surface area contributed by atoms with Gasteiger partial charge < -0.3 is 13.9 Å². The van der Waals surface area contributed by atoms with Crippen molar-refractivity contribution in [3.63, 3.8) is 0 Å². The van der Waals surface area contributed by atoms with Gasteiger partial charge in [-0.15, -0.1) is 0 Å². The molecule has 0 aliphatic carbocycles. The average Bonchev–Trinajstić information content (AvgIpc) is 2.94. The Kier molecular flexibility index (Phi) is 11.4. The molecule has 0 unspecified atom stereocenters. The largest absolute Gasteiger partial charge is 0.481 e. The third kappa shape index (κ3) is 9.96. The number of carbonyl (C=O) groups excluding carboxylic acids is 1. The van der Waals surface area contributed by atoms with Crippen LogP contribution in [0.15, 0.2) is 71.6 Å². The Hall–Kier alpha value is -3.56. The minimum atomic E-state index is -4.04. The van der Waals surface area contributed by atoms with Crippen LogP contribution >= 0.6 is 0 Å². The van der Waals surface area contributed by atoms with Gasteiger partial charge in [-0.2, -0.15) is 9.57 Å². The van der Waals surface area contributed by atoms with Gasteiger partial charge in [-0.05, 0) is 98.6 Å². The number of esters is 1. The smallest absolute Gasteiger partial charge is 0.344 e. The zero-order valence-corrected chi connectivity index (χ0v) is 29.1. The molecular formula is C34H43FN2O6SSi. The summed E-state index contributed by atoms with van der Waals surface area (Å²) >= 11 is 0. The molecule has 0 fully saturated rings. The van der Waals surface area contributed by atoms with Gasteiger partial charge in [0.25, 0.3) is 0 Å². The summed E-state index contributed by atoms with van der Waals surface area (Å²) in [6.07, 6.45) is 0. The fourth-order valence-corrected chi connectivity index (χ4v) is 6.60. The van der Waals surface area contributed by atoms with Crippen molar-refractivity contribution in [3.05, 3.63) is 83.7 Å². The summed E-state index contributed by atoms with van der Waals surface area (Å²) in [4.78, 5) is 12.4. The summed E-state index contributed by atoms with van der Waals surface area (Å²) in [5.74, 6) is -0.705. The maximum Gasteiger partial charge on any atom is 0.344 e. The minimum Gasteiger partial charge on any atom is -0.481 e. The summed E-state index contributed by atoms with van der Waals surface area (Å²) in [6.45, 7) is 15.7. The molecule has 45 heavy (non-hydrogen) atoms. The van der Waals surface area contributed by atoms with Crippen LogP contribution in [-0.2, 0) is 30.5 Å². The van der Waals surface area contributed by atoms with Crippen molar-refractivity contribution in [2.75, 3.05) is 19.8 Å². The van der Waals surface area contributed by atoms with Crippen molar-refractivity contribution >= 4 is 24.3 Å². The Labute approximate surface area is 267 Å². The molecule has 0 saturated heterocycles. The lowest BCUT2D eigenvalue weighted by molar-refractivity contribution is -0.157. The number of rotatable bonds is 12. The maximum atomic E-state index is 13.8. The molecular weight excluding hydrogens is 612 g/mol. The van der Waals surface area contributed by atoms with E-state index >= 15 is 0 Å². The SMILES string of the molecule is CC(C)(C)OC(=O)COc1ccc(CN(CCO[Si](C)(C)C(C)(C)C)S(=O)(=O)c2ccc(F)cc2)cc1-c1cccc(C#N)c1. The maximum absolute atomic E-state index is 13.8. The lowest BCUT2D eigenvalue weighted by atomic mass is 10.00. The molecule has 8 nitrogen and oxygen atoms in total. The van der Waals surface area contributed by atoms with E-state index in [4.69, 9.17) is 13.9 Å². The molecule has 0 amide bonds. The van der Waals surface area contributed by atoms with Crippen LogP contribution in [0.25, 0.3) is 11.1 Å². The third-order valence-corrected chi connectivity index (χ3v) is 13.9. The number of hydrogen-bond donors (Lipinski definition) is 0. The Morgan fingerprint density at radius 2 is 1.64 bits per heavy atom. The first kappa shape index (κ1) is 35.9. The first-order valence-electron chi connectivity index (χ1n) is 14.7. The number of halogens is 1. The quantitative estimate of drug-likeness (QED) is 0.149. The highest BCUT2D eigenvalue weighted by atomic mass is 32.2. The predicted octanol–water partition coefficient (Wildman–Crippen LogP) is 7.30. The second kappa shape index (κ2) is 14.2. The summed E-state index contributed by atoms with van der Waals surface area (Å²) in [5.41, 5.74) is 1.62. The van der Waals surface area contributed by atoms with Crippen LogP contribution in [0, 0.1) is 17.1 Å². The molecule has 3 rings (SSSR count). The van der Waals surface area contributed by atoms with Crippen LogP contribution in [0.5, 0.6) is 5.75 Å². The van der Waals surface area contributed by atoms with Crippen LogP contribution in [0.1, 0.15) is 52.7 Å². The Bertz CT molecular complexity index is 1640. The second-order valence-corrected chi connectivity index (χ2v) is 20.0. The van der Waals surface area contributed by atoms with E-state index in [9.17, 15) is 22.9 Å². The predicted molar refractivity (Wildman–Crippen MR) is 175 cm³/mol. The van der Waals surface area contributed by atoms with Crippen molar-refractivity contribution in [2.45, 2.75) is 76.7 Å². The van der Waals surface area contributed by atoms with Gasteiger partial charge in [0.1, 0.15) is 17.2 Å². The average molecular weight is 655 g/mol. The topological polar surface area (TPSA) is 106 Å². The normalized spacial score (nSPS) is 12.6. The van der Waals surface area contributed by atoms with Gasteiger partial charge in [-0.25, -0.2) is 17.6 Å². The number of ether oxygens (including phenoxy) is 2. The van der Waals surface area contributed by atoms with E-state index in [1.54, 1.807) is 63.2 Å². The molecule has 0 bridgehead atoms. The molecule has 3 aromatic rings. The first-order chi connectivity index (χ1) is 20.8. The second-order valence-electron chi connectivity index (χ2n) is 13.3. The Balaban J connectivity index is 2.00. The summed E-state index contributed by atoms with van der Waals surface area (Å²) in [6, 6.07) is 19.0. The number of sulfonamides is 1. The van der Waals surface area contributed by atoms with Crippen molar-refractivity contribution in [1.29, 1.82) is 5.26 Å². The molecule has 0 radical (unpaired) electrons. The van der Waals surface area contributed by atoms with Crippen molar-refractivity contribution in [3.8, 4) is 22.9 Å². The Morgan fingerprint density at radius 1 is 0.978 bits per heavy atom. The lowest BCUT2D eigenvalue weighted by Gasteiger charge is -2.36. The monoisotopic (exact) mass is 654 g/mol. The fourth-order valence-electron chi connectivity index (χ4n) is 4.15. The standard InChI is InChI=1S/C34H43FN2O6SSi/c1-33(2,3)43-32(38)24-41-31-17-12-26(21-30(31)27-11-9-10-25(20-27)22-36)23-37(18-19-42-45(7,8)34(4,5)6)44(39,40)29-15-13-28(35)14-16-29/h9-17,20-21H,18-19,23-24H2,1-8H3. The van der Waals surface area contributed by atoms with Crippen LogP contribution in [0.2, 0.25) is 18.1 Å². The van der Waals surface area contributed by atoms with Gasteiger partial charge in [0.15, 0.2) is 14.9 Å². The van der Waals surface area contributed by atoms with Crippen LogP contribution < -0.4 is 4.74 Å². The molecule has 0 atom stereocenters. The van der Waals surface area contributed by atoms with Gasteiger partial charge in [0.05, 0.1) is 16.5 Å². The highest BCUT2D eigenvalue weighted by molar-refractivity contribution is 7.89. The number of nitrogens with zero attached hydrogens (tertiary/aromatic N) is 2. The zero-order valence-electron chi connectivity index (χ0n) is 27.3. The van der Waals surface area contributed by atoms with E-state index in [0.29, 0.717) is 28.0 Å². The van der Waals surface area contributed by atoms with Gasteiger partial charge >= 0.3 is 5.97 Å². The Morgan fingerprint density at radius 3 is 2.24 bits per heavy atom. The highest BCUT2D eigenvalue weighted by Crippen LogP contribution is 2.37. The fraction of sp³-hybridized carbons (Fsp3) is 0.412. The molecule has 0 heterocycles. The number of carbonyl (C=O) groups is 1. The molecule has 0 saturated carbocycles. The van der Waals surface area contributed by atoms with Gasteiger partial charge in [0, 0.05) is 25.3 Å². The van der Waals surface area contributed by atoms with E-state index in [2.05, 4.69) is 39.9 Å². The van der Waals surface area contributed by atoms with Crippen LogP contribution in [0.4, 0.5) is 4.39 Å². The van der Waals surface area contributed by atoms with E-state index in [1.807, 2.05) is 0 Å². The summed E-state index contributed by atoms with van der Waals surface area (Å²) in [7, 11) is -6.20. The molecule has 0 N–H and O–H groups in total. The van der Waals surface area contributed by atoms with Crippen molar-refractivity contribution in [1.82, 2.24) is 4.31 Å². The van der Waals surface area contributed by atoms with Gasteiger partial charge in [-0.3, -0.25) is 0 Å². The van der Waals surface area contributed by atoms with Gasteiger partial charge in [-0.1, -0.05) is 39.0 Å².